The van der Waals surface area contributed by atoms with Gasteiger partial charge in [-0.05, 0) is 25.0 Å². The van der Waals surface area contributed by atoms with Crippen LogP contribution in [-0.2, 0) is 4.74 Å². The maximum absolute atomic E-state index is 12.0. The van der Waals surface area contributed by atoms with Gasteiger partial charge in [-0.3, -0.25) is 4.79 Å². The molecule has 0 atom stereocenters. The van der Waals surface area contributed by atoms with Crippen LogP contribution in [0.1, 0.15) is 23.2 Å². The Morgan fingerprint density at radius 2 is 2.00 bits per heavy atom. The molecule has 1 aromatic rings. The molecule has 0 saturated heterocycles. The zero-order valence-corrected chi connectivity index (χ0v) is 11.1. The maximum Gasteiger partial charge on any atom is 0.255 e. The van der Waals surface area contributed by atoms with Crippen molar-refractivity contribution >= 4 is 11.6 Å². The number of ether oxygens (including phenoxy) is 1. The molecule has 4 nitrogen and oxygen atoms in total. The van der Waals surface area contributed by atoms with E-state index in [4.69, 9.17) is 4.74 Å². The molecule has 0 unspecified atom stereocenters. The minimum atomic E-state index is 0.0284. The fraction of sp³-hybridized carbons (Fsp3) is 0.500. The monoisotopic (exact) mass is 248 g/mol. The Morgan fingerprint density at radius 3 is 2.61 bits per heavy atom. The molecule has 1 aliphatic rings. The van der Waals surface area contributed by atoms with E-state index in [1.165, 1.54) is 0 Å². The lowest BCUT2D eigenvalue weighted by atomic mass is 9.89. The molecule has 1 saturated carbocycles. The van der Waals surface area contributed by atoms with Crippen molar-refractivity contribution in [1.29, 1.82) is 0 Å². The average Bonchev–Trinajstić information content (AvgIpc) is 2.32. The van der Waals surface area contributed by atoms with Crippen LogP contribution in [0.25, 0.3) is 0 Å². The van der Waals surface area contributed by atoms with Gasteiger partial charge >= 0.3 is 0 Å². The summed E-state index contributed by atoms with van der Waals surface area (Å²) in [7, 11) is 5.28. The summed E-state index contributed by atoms with van der Waals surface area (Å²) in [5.74, 6) is 0.0284. The number of carbonyl (C=O) groups excluding carboxylic acids is 1. The molecule has 0 radical (unpaired) electrons. The van der Waals surface area contributed by atoms with Crippen molar-refractivity contribution in [3.8, 4) is 0 Å². The van der Waals surface area contributed by atoms with E-state index in [9.17, 15) is 4.79 Å². The van der Waals surface area contributed by atoms with Gasteiger partial charge in [0.05, 0.1) is 11.7 Å². The second-order valence-corrected chi connectivity index (χ2v) is 4.92. The third kappa shape index (κ3) is 2.64. The maximum atomic E-state index is 12.0. The predicted octanol–water partition coefficient (Wildman–Crippen LogP) is 1.98. The first-order chi connectivity index (χ1) is 8.61. The number of hydrogen-bond donors (Lipinski definition) is 1. The first-order valence-electron chi connectivity index (χ1n) is 6.22. The number of benzene rings is 1. The highest BCUT2D eigenvalue weighted by Gasteiger charge is 2.29. The average molecular weight is 248 g/mol. The first kappa shape index (κ1) is 12.9. The molecular weight excluding hydrogens is 228 g/mol. The molecule has 0 aromatic heterocycles. The minimum absolute atomic E-state index is 0.0284. The topological polar surface area (TPSA) is 41.6 Å². The lowest BCUT2D eigenvalue weighted by Gasteiger charge is -2.35. The van der Waals surface area contributed by atoms with Crippen molar-refractivity contribution in [3.05, 3.63) is 29.8 Å². The van der Waals surface area contributed by atoms with Crippen molar-refractivity contribution in [3.63, 3.8) is 0 Å². The normalized spacial score (nSPS) is 22.2. The summed E-state index contributed by atoms with van der Waals surface area (Å²) in [4.78, 5) is 13.6. The molecule has 1 aliphatic carbocycles. The van der Waals surface area contributed by atoms with E-state index < -0.39 is 0 Å². The highest BCUT2D eigenvalue weighted by atomic mass is 16.5. The number of nitrogens with one attached hydrogen (secondary N) is 1. The number of anilines is 1. The highest BCUT2D eigenvalue weighted by Crippen LogP contribution is 2.28. The van der Waals surface area contributed by atoms with Crippen LogP contribution in [0.2, 0.25) is 0 Å². The minimum Gasteiger partial charge on any atom is -0.381 e. The Morgan fingerprint density at radius 1 is 1.33 bits per heavy atom. The molecule has 0 heterocycles. The van der Waals surface area contributed by atoms with Gasteiger partial charge in [0.1, 0.15) is 0 Å². The van der Waals surface area contributed by atoms with Crippen molar-refractivity contribution in [2.45, 2.75) is 25.0 Å². The van der Waals surface area contributed by atoms with Crippen LogP contribution >= 0.6 is 0 Å². The molecule has 2 rings (SSSR count). The zero-order chi connectivity index (χ0) is 13.1. The molecule has 98 valence electrons. The Hall–Kier alpha value is -1.55. The van der Waals surface area contributed by atoms with E-state index in [0.717, 1.165) is 24.1 Å². The van der Waals surface area contributed by atoms with Gasteiger partial charge in [0.2, 0.25) is 0 Å². The summed E-state index contributed by atoms with van der Waals surface area (Å²) >= 11 is 0. The van der Waals surface area contributed by atoms with E-state index in [1.807, 2.05) is 24.3 Å². The standard InChI is InChI=1S/C14H20N2O2/c1-16(2)14(17)12-6-4-5-7-13(12)15-10-8-11(9-10)18-3/h4-7,10-11,15H,8-9H2,1-3H3. The van der Waals surface area contributed by atoms with Gasteiger partial charge in [-0.15, -0.1) is 0 Å². The highest BCUT2D eigenvalue weighted by molar-refractivity contribution is 5.99. The van der Waals surface area contributed by atoms with Crippen LogP contribution in [0.15, 0.2) is 24.3 Å². The van der Waals surface area contributed by atoms with Crippen LogP contribution in [0.5, 0.6) is 0 Å². The van der Waals surface area contributed by atoms with E-state index in [0.29, 0.717) is 12.1 Å². The Balaban J connectivity index is 2.06. The van der Waals surface area contributed by atoms with Crippen LogP contribution in [0.4, 0.5) is 5.69 Å². The van der Waals surface area contributed by atoms with Crippen LogP contribution in [0, 0.1) is 0 Å². The number of amides is 1. The van der Waals surface area contributed by atoms with E-state index in [2.05, 4.69) is 5.32 Å². The summed E-state index contributed by atoms with van der Waals surface area (Å²) in [6.07, 6.45) is 2.36. The number of methoxy groups -OCH3 is 1. The molecule has 0 aliphatic heterocycles. The van der Waals surface area contributed by atoms with Crippen molar-refractivity contribution in [1.82, 2.24) is 4.90 Å². The van der Waals surface area contributed by atoms with E-state index in [1.54, 1.807) is 26.1 Å². The summed E-state index contributed by atoms with van der Waals surface area (Å²) in [5, 5.41) is 3.42. The number of hydrogen-bond acceptors (Lipinski definition) is 3. The van der Waals surface area contributed by atoms with E-state index >= 15 is 0 Å². The Labute approximate surface area is 108 Å². The van der Waals surface area contributed by atoms with Gasteiger partial charge in [-0.1, -0.05) is 12.1 Å². The molecule has 0 spiro atoms. The fourth-order valence-electron chi connectivity index (χ4n) is 2.13. The van der Waals surface area contributed by atoms with Crippen LogP contribution in [-0.4, -0.2) is 44.2 Å². The molecular formula is C14H20N2O2. The quantitative estimate of drug-likeness (QED) is 0.886. The molecule has 1 aromatic carbocycles. The van der Waals surface area contributed by atoms with Gasteiger partial charge in [0, 0.05) is 32.9 Å². The fourth-order valence-corrected chi connectivity index (χ4v) is 2.13. The van der Waals surface area contributed by atoms with Crippen LogP contribution in [0.3, 0.4) is 0 Å². The third-order valence-corrected chi connectivity index (χ3v) is 3.35. The molecule has 1 N–H and O–H groups in total. The second-order valence-electron chi connectivity index (χ2n) is 4.92. The van der Waals surface area contributed by atoms with Crippen LogP contribution < -0.4 is 5.32 Å². The number of carbonyl (C=O) groups is 1. The lowest BCUT2D eigenvalue weighted by molar-refractivity contribution is 0.0328. The summed E-state index contributed by atoms with van der Waals surface area (Å²) < 4.78 is 5.25. The van der Waals surface area contributed by atoms with Gasteiger partial charge < -0.3 is 15.0 Å². The third-order valence-electron chi connectivity index (χ3n) is 3.35. The van der Waals surface area contributed by atoms with Gasteiger partial charge in [-0.2, -0.15) is 0 Å². The molecule has 18 heavy (non-hydrogen) atoms. The number of para-hydroxylation sites is 1. The summed E-state index contributed by atoms with van der Waals surface area (Å²) in [5.41, 5.74) is 1.64. The van der Waals surface area contributed by atoms with Crippen molar-refractivity contribution in [2.24, 2.45) is 0 Å². The molecule has 0 bridgehead atoms. The first-order valence-corrected chi connectivity index (χ1v) is 6.22. The lowest BCUT2D eigenvalue weighted by Crippen LogP contribution is -2.40. The summed E-state index contributed by atoms with van der Waals surface area (Å²) in [6.45, 7) is 0. The number of nitrogens with zero attached hydrogens (tertiary/aromatic N) is 1. The Bertz CT molecular complexity index is 426. The second kappa shape index (κ2) is 5.40. The van der Waals surface area contributed by atoms with Crippen molar-refractivity contribution in [2.75, 3.05) is 26.5 Å². The largest absolute Gasteiger partial charge is 0.381 e. The smallest absolute Gasteiger partial charge is 0.255 e. The van der Waals surface area contributed by atoms with Gasteiger partial charge in [0.25, 0.3) is 5.91 Å². The molecule has 1 amide bonds. The van der Waals surface area contributed by atoms with E-state index in [-0.39, 0.29) is 5.91 Å². The molecule has 4 heteroatoms. The Kier molecular flexibility index (Phi) is 3.87. The zero-order valence-electron chi connectivity index (χ0n) is 11.1. The number of rotatable bonds is 4. The SMILES string of the molecule is COC1CC(Nc2ccccc2C(=O)N(C)C)C1. The van der Waals surface area contributed by atoms with Gasteiger partial charge in [-0.25, -0.2) is 0 Å². The molecule has 1 fully saturated rings. The summed E-state index contributed by atoms with van der Waals surface area (Å²) in [6, 6.07) is 8.06. The predicted molar refractivity (Wildman–Crippen MR) is 71.9 cm³/mol. The van der Waals surface area contributed by atoms with Crippen molar-refractivity contribution < 1.29 is 9.53 Å². The van der Waals surface area contributed by atoms with Gasteiger partial charge in [0.15, 0.2) is 0 Å².